The van der Waals surface area contributed by atoms with Gasteiger partial charge in [-0.2, -0.15) is 0 Å². The van der Waals surface area contributed by atoms with Gasteiger partial charge in [0.1, 0.15) is 11.8 Å². The minimum Gasteiger partial charge on any atom is -0.477 e. The Morgan fingerprint density at radius 2 is 2.28 bits per heavy atom. The van der Waals surface area contributed by atoms with E-state index in [0.717, 1.165) is 10.6 Å². The summed E-state index contributed by atoms with van der Waals surface area (Å²) in [5.74, 6) is -2.92. The van der Waals surface area contributed by atoms with Crippen molar-refractivity contribution in [1.82, 2.24) is 20.6 Å². The van der Waals surface area contributed by atoms with Gasteiger partial charge < -0.3 is 19.8 Å². The van der Waals surface area contributed by atoms with Crippen molar-refractivity contribution in [2.24, 2.45) is 0 Å². The number of fused-ring (bicyclic) bond motifs is 1. The van der Waals surface area contributed by atoms with E-state index in [-0.39, 0.29) is 12.1 Å². The van der Waals surface area contributed by atoms with Gasteiger partial charge in [0.25, 0.3) is 11.8 Å². The molecule has 1 aliphatic heterocycles. The number of alkyl halides is 2. The van der Waals surface area contributed by atoms with Crippen LogP contribution in [0.3, 0.4) is 0 Å². The molecule has 1 amide bonds. The molecule has 0 radical (unpaired) electrons. The van der Waals surface area contributed by atoms with Crippen LogP contribution in [0.1, 0.15) is 26.7 Å². The highest BCUT2D eigenvalue weighted by Crippen LogP contribution is 2.29. The number of pyridine rings is 1. The Labute approximate surface area is 169 Å². The number of carbonyl (C=O) groups is 1. The van der Waals surface area contributed by atoms with Crippen LogP contribution in [0.15, 0.2) is 22.2 Å². The second-order valence-electron chi connectivity index (χ2n) is 6.93. The van der Waals surface area contributed by atoms with Crippen LogP contribution < -0.4 is 15.4 Å². The van der Waals surface area contributed by atoms with Gasteiger partial charge in [0.2, 0.25) is 5.88 Å². The minimum absolute atomic E-state index is 0.0144. The van der Waals surface area contributed by atoms with Gasteiger partial charge in [0.15, 0.2) is 5.58 Å². The number of halogens is 2. The van der Waals surface area contributed by atoms with Gasteiger partial charge >= 0.3 is 0 Å². The maximum Gasteiger partial charge on any atom is 0.281 e. The van der Waals surface area contributed by atoms with E-state index < -0.39 is 24.4 Å². The lowest BCUT2D eigenvalue weighted by atomic mass is 10.1. The van der Waals surface area contributed by atoms with Crippen LogP contribution in [0.5, 0.6) is 5.88 Å². The first kappa shape index (κ1) is 19.7. The first-order valence-corrected chi connectivity index (χ1v) is 10.0. The second-order valence-corrected chi connectivity index (χ2v) is 7.87. The molecule has 1 aliphatic rings. The number of nitrogens with one attached hydrogen (secondary N) is 2. The monoisotopic (exact) mass is 422 g/mol. The number of thiazole rings is 1. The molecule has 7 nitrogen and oxygen atoms in total. The Bertz CT molecular complexity index is 1050. The molecule has 1 fully saturated rings. The number of aryl methyl sites for hydroxylation is 2. The van der Waals surface area contributed by atoms with Crippen LogP contribution in [0.4, 0.5) is 8.78 Å². The van der Waals surface area contributed by atoms with E-state index in [1.807, 2.05) is 6.92 Å². The molecule has 0 saturated carbocycles. The van der Waals surface area contributed by atoms with Gasteiger partial charge in [-0.3, -0.25) is 4.79 Å². The van der Waals surface area contributed by atoms with E-state index in [1.165, 1.54) is 6.20 Å². The maximum absolute atomic E-state index is 13.8. The average Bonchev–Trinajstić information content (AvgIpc) is 3.32. The highest BCUT2D eigenvalue weighted by molar-refractivity contribution is 7.09. The fraction of sp³-hybridized carbons (Fsp3) is 0.421. The summed E-state index contributed by atoms with van der Waals surface area (Å²) in [6.45, 7) is 3.52. The highest BCUT2D eigenvalue weighted by atomic mass is 32.1. The summed E-state index contributed by atoms with van der Waals surface area (Å²) >= 11 is 1.57. The zero-order valence-corrected chi connectivity index (χ0v) is 16.7. The van der Waals surface area contributed by atoms with E-state index in [0.29, 0.717) is 35.6 Å². The number of furan rings is 1. The molecule has 3 aromatic rings. The molecular weight excluding hydrogens is 402 g/mol. The summed E-state index contributed by atoms with van der Waals surface area (Å²) in [5, 5.41) is 5.48. The lowest BCUT2D eigenvalue weighted by Crippen LogP contribution is -2.46. The SMILES string of the molecule is Cc1ncsc1CCOc1cc2c(C(=O)NC3CNCC3(F)F)c(C)oc2cn1. The quantitative estimate of drug-likeness (QED) is 0.635. The van der Waals surface area contributed by atoms with Gasteiger partial charge in [-0.25, -0.2) is 18.7 Å². The summed E-state index contributed by atoms with van der Waals surface area (Å²) in [6, 6.07) is 0.338. The summed E-state index contributed by atoms with van der Waals surface area (Å²) in [7, 11) is 0. The smallest absolute Gasteiger partial charge is 0.281 e. The van der Waals surface area contributed by atoms with E-state index in [2.05, 4.69) is 20.6 Å². The largest absolute Gasteiger partial charge is 0.477 e. The molecular formula is C19H20F2N4O3S. The average molecular weight is 422 g/mol. The molecule has 1 saturated heterocycles. The Morgan fingerprint density at radius 1 is 1.45 bits per heavy atom. The van der Waals surface area contributed by atoms with Gasteiger partial charge in [-0.1, -0.05) is 0 Å². The zero-order valence-electron chi connectivity index (χ0n) is 15.9. The van der Waals surface area contributed by atoms with E-state index >= 15 is 0 Å². The van der Waals surface area contributed by atoms with E-state index in [1.54, 1.807) is 29.8 Å². The summed E-state index contributed by atoms with van der Waals surface area (Å²) < 4.78 is 39.0. The predicted octanol–water partition coefficient (Wildman–Crippen LogP) is 2.86. The number of nitrogens with zero attached hydrogens (tertiary/aromatic N) is 2. The van der Waals surface area contributed by atoms with Gasteiger partial charge in [-0.15, -0.1) is 11.3 Å². The van der Waals surface area contributed by atoms with Crippen LogP contribution in [0.2, 0.25) is 0 Å². The molecule has 0 bridgehead atoms. The van der Waals surface area contributed by atoms with Crippen molar-refractivity contribution >= 4 is 28.2 Å². The lowest BCUT2D eigenvalue weighted by Gasteiger charge is -2.19. The number of hydrogen-bond donors (Lipinski definition) is 2. The number of amides is 1. The molecule has 154 valence electrons. The molecule has 0 spiro atoms. The number of rotatable bonds is 6. The number of ether oxygens (including phenoxy) is 1. The molecule has 0 aromatic carbocycles. The minimum atomic E-state index is -2.99. The Morgan fingerprint density at radius 3 is 2.97 bits per heavy atom. The molecule has 10 heteroatoms. The van der Waals surface area contributed by atoms with Gasteiger partial charge in [0, 0.05) is 29.3 Å². The number of aromatic nitrogens is 2. The Balaban J connectivity index is 1.51. The molecule has 4 rings (SSSR count). The number of hydrogen-bond acceptors (Lipinski definition) is 7. The van der Waals surface area contributed by atoms with Crippen molar-refractivity contribution in [1.29, 1.82) is 0 Å². The normalized spacial score (nSPS) is 18.3. The molecule has 3 aromatic heterocycles. The van der Waals surface area contributed by atoms with E-state index in [9.17, 15) is 13.6 Å². The molecule has 0 aliphatic carbocycles. The predicted molar refractivity (Wildman–Crippen MR) is 104 cm³/mol. The standard InChI is InChI=1S/C19H20F2N4O3S/c1-10-14(29-9-24-10)3-4-27-16-5-12-13(6-23-16)28-11(2)17(12)18(26)25-15-7-22-8-19(15,20)21/h5-6,9,15,22H,3-4,7-8H2,1-2H3,(H,25,26). The van der Waals surface area contributed by atoms with Crippen molar-refractivity contribution in [2.75, 3.05) is 19.7 Å². The second kappa shape index (κ2) is 7.68. The highest BCUT2D eigenvalue weighted by Gasteiger charge is 2.45. The zero-order chi connectivity index (χ0) is 20.6. The third-order valence-electron chi connectivity index (χ3n) is 4.90. The first-order valence-electron chi connectivity index (χ1n) is 9.15. The van der Waals surface area contributed by atoms with Crippen LogP contribution in [-0.4, -0.2) is 47.5 Å². The third kappa shape index (κ3) is 3.95. The summed E-state index contributed by atoms with van der Waals surface area (Å²) in [6.07, 6.45) is 2.16. The van der Waals surface area contributed by atoms with Crippen LogP contribution in [-0.2, 0) is 6.42 Å². The van der Waals surface area contributed by atoms with Gasteiger partial charge in [-0.05, 0) is 13.8 Å². The number of carbonyl (C=O) groups excluding carboxylic acids is 1. The van der Waals surface area contributed by atoms with Crippen LogP contribution in [0.25, 0.3) is 11.0 Å². The first-order chi connectivity index (χ1) is 13.8. The maximum atomic E-state index is 13.8. The lowest BCUT2D eigenvalue weighted by molar-refractivity contribution is -0.00247. The fourth-order valence-corrected chi connectivity index (χ4v) is 4.09. The van der Waals surface area contributed by atoms with Crippen LogP contribution in [0, 0.1) is 13.8 Å². The third-order valence-corrected chi connectivity index (χ3v) is 5.90. The summed E-state index contributed by atoms with van der Waals surface area (Å²) in [5.41, 5.74) is 3.38. The van der Waals surface area contributed by atoms with Crippen molar-refractivity contribution < 1.29 is 22.7 Å². The summed E-state index contributed by atoms with van der Waals surface area (Å²) in [4.78, 5) is 22.2. The van der Waals surface area contributed by atoms with Crippen molar-refractivity contribution in [3.8, 4) is 5.88 Å². The van der Waals surface area contributed by atoms with Crippen molar-refractivity contribution in [2.45, 2.75) is 32.2 Å². The Hall–Kier alpha value is -2.59. The molecule has 1 unspecified atom stereocenters. The molecule has 4 heterocycles. The molecule has 2 N–H and O–H groups in total. The topological polar surface area (TPSA) is 89.3 Å². The fourth-order valence-electron chi connectivity index (χ4n) is 3.32. The van der Waals surface area contributed by atoms with Crippen LogP contribution >= 0.6 is 11.3 Å². The van der Waals surface area contributed by atoms with E-state index in [4.69, 9.17) is 9.15 Å². The molecule has 29 heavy (non-hydrogen) atoms. The van der Waals surface area contributed by atoms with Gasteiger partial charge in [0.05, 0.1) is 36.1 Å². The van der Waals surface area contributed by atoms with Crippen molar-refractivity contribution in [3.63, 3.8) is 0 Å². The van der Waals surface area contributed by atoms with Crippen molar-refractivity contribution in [3.05, 3.63) is 39.7 Å². The molecule has 1 atom stereocenters. The Kier molecular flexibility index (Phi) is 5.22.